The summed E-state index contributed by atoms with van der Waals surface area (Å²) in [6, 6.07) is 12.0. The first-order valence-corrected chi connectivity index (χ1v) is 6.04. The average Bonchev–Trinajstić information content (AvgIpc) is 2.37. The summed E-state index contributed by atoms with van der Waals surface area (Å²) < 4.78 is 0. The number of hydrogen-bond donors (Lipinski definition) is 0. The largest absolute Gasteiger partial charge is 0.300 e. The zero-order valence-electron chi connectivity index (χ0n) is 10.7. The molecular formula is C15H16N2O. The van der Waals surface area contributed by atoms with Gasteiger partial charge in [-0.15, -0.1) is 0 Å². The standard InChI is InChI=1S/C15H16N2O/c1-11-10-14(13-6-4-3-5-7-13)17-15(16-11)9-8-12(2)18/h3-7,10H,8-9H2,1-2H3. The molecule has 0 unspecified atom stereocenters. The van der Waals surface area contributed by atoms with Gasteiger partial charge < -0.3 is 4.79 Å². The third kappa shape index (κ3) is 3.23. The highest BCUT2D eigenvalue weighted by Gasteiger charge is 2.05. The van der Waals surface area contributed by atoms with Gasteiger partial charge in [-0.1, -0.05) is 30.3 Å². The molecule has 2 aromatic rings. The Bertz CT molecular complexity index is 550. The summed E-state index contributed by atoms with van der Waals surface area (Å²) in [6.45, 7) is 3.54. The molecule has 0 spiro atoms. The van der Waals surface area contributed by atoms with Gasteiger partial charge in [0.2, 0.25) is 0 Å². The highest BCUT2D eigenvalue weighted by molar-refractivity contribution is 5.75. The number of nitrogens with zero attached hydrogens (tertiary/aromatic N) is 2. The minimum absolute atomic E-state index is 0.168. The van der Waals surface area contributed by atoms with Gasteiger partial charge in [-0.3, -0.25) is 0 Å². The Hall–Kier alpha value is -2.03. The second-order valence-electron chi connectivity index (χ2n) is 4.38. The molecule has 92 valence electrons. The molecule has 0 saturated carbocycles. The second-order valence-corrected chi connectivity index (χ2v) is 4.38. The number of benzene rings is 1. The molecule has 0 aliphatic heterocycles. The Morgan fingerprint density at radius 1 is 1.17 bits per heavy atom. The third-order valence-corrected chi connectivity index (χ3v) is 2.67. The van der Waals surface area contributed by atoms with Crippen molar-refractivity contribution in [2.24, 2.45) is 0 Å². The molecule has 1 heterocycles. The van der Waals surface area contributed by atoms with Crippen molar-refractivity contribution in [2.45, 2.75) is 26.7 Å². The van der Waals surface area contributed by atoms with Crippen LogP contribution in [0.5, 0.6) is 0 Å². The molecule has 0 saturated heterocycles. The van der Waals surface area contributed by atoms with Crippen LogP contribution in [0.15, 0.2) is 36.4 Å². The van der Waals surface area contributed by atoms with E-state index >= 15 is 0 Å². The van der Waals surface area contributed by atoms with Crippen LogP contribution in [0.1, 0.15) is 24.9 Å². The summed E-state index contributed by atoms with van der Waals surface area (Å²) in [5.74, 6) is 0.908. The molecular weight excluding hydrogens is 224 g/mol. The van der Waals surface area contributed by atoms with Crippen LogP contribution in [0.3, 0.4) is 0 Å². The summed E-state index contributed by atoms with van der Waals surface area (Å²) in [6.07, 6.45) is 1.11. The van der Waals surface area contributed by atoms with Crippen LogP contribution in [-0.2, 0) is 11.2 Å². The van der Waals surface area contributed by atoms with Crippen molar-refractivity contribution >= 4 is 5.78 Å². The lowest BCUT2D eigenvalue weighted by Crippen LogP contribution is -2.02. The second kappa shape index (κ2) is 5.54. The molecule has 0 atom stereocenters. The maximum atomic E-state index is 11.0. The van der Waals surface area contributed by atoms with Crippen molar-refractivity contribution in [3.8, 4) is 11.3 Å². The number of Topliss-reactive ketones (excluding diaryl/α,β-unsaturated/α-hetero) is 1. The first kappa shape index (κ1) is 12.4. The number of rotatable bonds is 4. The van der Waals surface area contributed by atoms with E-state index in [1.165, 1.54) is 0 Å². The third-order valence-electron chi connectivity index (χ3n) is 2.67. The van der Waals surface area contributed by atoms with Gasteiger partial charge in [0, 0.05) is 24.1 Å². The minimum Gasteiger partial charge on any atom is -0.300 e. The molecule has 1 aromatic heterocycles. The van der Waals surface area contributed by atoms with Gasteiger partial charge in [-0.25, -0.2) is 9.97 Å². The molecule has 2 rings (SSSR count). The normalized spacial score (nSPS) is 10.3. The first-order valence-electron chi connectivity index (χ1n) is 6.04. The van der Waals surface area contributed by atoms with Crippen molar-refractivity contribution in [3.05, 3.63) is 47.9 Å². The fourth-order valence-electron chi connectivity index (χ4n) is 1.79. The van der Waals surface area contributed by atoms with E-state index in [0.29, 0.717) is 12.8 Å². The molecule has 0 fully saturated rings. The average molecular weight is 240 g/mol. The molecule has 0 aliphatic rings. The van der Waals surface area contributed by atoms with E-state index in [2.05, 4.69) is 9.97 Å². The van der Waals surface area contributed by atoms with Crippen molar-refractivity contribution in [1.29, 1.82) is 0 Å². The van der Waals surface area contributed by atoms with E-state index in [0.717, 1.165) is 22.8 Å². The molecule has 0 amide bonds. The fraction of sp³-hybridized carbons (Fsp3) is 0.267. The van der Waals surface area contributed by atoms with Crippen molar-refractivity contribution in [2.75, 3.05) is 0 Å². The fourth-order valence-corrected chi connectivity index (χ4v) is 1.79. The van der Waals surface area contributed by atoms with Crippen LogP contribution >= 0.6 is 0 Å². The molecule has 0 radical (unpaired) electrons. The molecule has 0 N–H and O–H groups in total. The lowest BCUT2D eigenvalue weighted by molar-refractivity contribution is -0.117. The van der Waals surface area contributed by atoms with Gasteiger partial charge in [-0.2, -0.15) is 0 Å². The summed E-state index contributed by atoms with van der Waals surface area (Å²) >= 11 is 0. The van der Waals surface area contributed by atoms with Gasteiger partial charge in [0.15, 0.2) is 0 Å². The summed E-state index contributed by atoms with van der Waals surface area (Å²) in [7, 11) is 0. The number of hydrogen-bond acceptors (Lipinski definition) is 3. The Balaban J connectivity index is 2.29. The monoisotopic (exact) mass is 240 g/mol. The van der Waals surface area contributed by atoms with Gasteiger partial charge >= 0.3 is 0 Å². The summed E-state index contributed by atoms with van der Waals surface area (Å²) in [5.41, 5.74) is 2.93. The summed E-state index contributed by atoms with van der Waals surface area (Å²) in [5, 5.41) is 0. The Labute approximate surface area is 107 Å². The molecule has 0 aliphatic carbocycles. The van der Waals surface area contributed by atoms with Gasteiger partial charge in [0.1, 0.15) is 11.6 Å². The highest BCUT2D eigenvalue weighted by Crippen LogP contribution is 2.17. The maximum absolute atomic E-state index is 11.0. The van der Waals surface area contributed by atoms with Crippen LogP contribution < -0.4 is 0 Å². The Kier molecular flexibility index (Phi) is 3.82. The van der Waals surface area contributed by atoms with Crippen LogP contribution in [0.4, 0.5) is 0 Å². The van der Waals surface area contributed by atoms with Gasteiger partial charge in [0.25, 0.3) is 0 Å². The van der Waals surface area contributed by atoms with Crippen LogP contribution in [0.25, 0.3) is 11.3 Å². The van der Waals surface area contributed by atoms with Crippen LogP contribution in [-0.4, -0.2) is 15.8 Å². The zero-order chi connectivity index (χ0) is 13.0. The van der Waals surface area contributed by atoms with E-state index < -0.39 is 0 Å². The van der Waals surface area contributed by atoms with Crippen LogP contribution in [0, 0.1) is 6.92 Å². The van der Waals surface area contributed by atoms with Gasteiger partial charge in [0.05, 0.1) is 5.69 Å². The smallest absolute Gasteiger partial charge is 0.130 e. The molecule has 0 bridgehead atoms. The first-order chi connectivity index (χ1) is 8.65. The summed E-state index contributed by atoms with van der Waals surface area (Å²) in [4.78, 5) is 19.9. The lowest BCUT2D eigenvalue weighted by Gasteiger charge is -2.05. The number of aryl methyl sites for hydroxylation is 2. The molecule has 3 nitrogen and oxygen atoms in total. The van der Waals surface area contributed by atoms with E-state index in [-0.39, 0.29) is 5.78 Å². The number of carbonyl (C=O) groups excluding carboxylic acids is 1. The highest BCUT2D eigenvalue weighted by atomic mass is 16.1. The topological polar surface area (TPSA) is 42.9 Å². The van der Waals surface area contributed by atoms with Gasteiger partial charge in [-0.05, 0) is 19.9 Å². The lowest BCUT2D eigenvalue weighted by atomic mass is 10.1. The van der Waals surface area contributed by atoms with Crippen molar-refractivity contribution < 1.29 is 4.79 Å². The van der Waals surface area contributed by atoms with Crippen molar-refractivity contribution in [3.63, 3.8) is 0 Å². The van der Waals surface area contributed by atoms with E-state index in [9.17, 15) is 4.79 Å². The van der Waals surface area contributed by atoms with E-state index in [4.69, 9.17) is 0 Å². The van der Waals surface area contributed by atoms with Crippen LogP contribution in [0.2, 0.25) is 0 Å². The van der Waals surface area contributed by atoms with E-state index in [1.807, 2.05) is 43.3 Å². The quantitative estimate of drug-likeness (QED) is 0.825. The Morgan fingerprint density at radius 3 is 2.56 bits per heavy atom. The minimum atomic E-state index is 0.168. The van der Waals surface area contributed by atoms with E-state index in [1.54, 1.807) is 6.92 Å². The van der Waals surface area contributed by atoms with Crippen molar-refractivity contribution in [1.82, 2.24) is 9.97 Å². The number of carbonyl (C=O) groups is 1. The molecule has 1 aromatic carbocycles. The predicted octanol–water partition coefficient (Wildman–Crippen LogP) is 2.97. The number of ketones is 1. The maximum Gasteiger partial charge on any atom is 0.130 e. The predicted molar refractivity (Wildman–Crippen MR) is 71.2 cm³/mol. The number of aromatic nitrogens is 2. The SMILES string of the molecule is CC(=O)CCc1nc(C)cc(-c2ccccc2)n1. The molecule has 18 heavy (non-hydrogen) atoms. The zero-order valence-corrected chi connectivity index (χ0v) is 10.7. The Morgan fingerprint density at radius 2 is 1.89 bits per heavy atom. The molecule has 3 heteroatoms.